The van der Waals surface area contributed by atoms with Crippen molar-refractivity contribution in [3.8, 4) is 33.8 Å². The smallest absolute Gasteiger partial charge is 0.137 e. The molecular weight excluding hydrogens is 733 g/mol. The number of fused-ring (bicyclic) bond motifs is 6. The van der Waals surface area contributed by atoms with Gasteiger partial charge in [-0.15, -0.1) is 0 Å². The van der Waals surface area contributed by atoms with Crippen LogP contribution in [0.15, 0.2) is 146 Å². The average Bonchev–Trinajstić information content (AvgIpc) is 3.54. The Bertz CT molecular complexity index is 2730. The number of pyridine rings is 1. The molecule has 0 amide bonds. The normalized spacial score (nSPS) is 13.7. The van der Waals surface area contributed by atoms with Crippen molar-refractivity contribution in [2.75, 3.05) is 21.4 Å². The molecule has 7 aromatic rings. The van der Waals surface area contributed by atoms with Crippen molar-refractivity contribution in [1.29, 1.82) is 0 Å². The van der Waals surface area contributed by atoms with E-state index in [-0.39, 0.29) is 16.2 Å². The van der Waals surface area contributed by atoms with E-state index in [4.69, 9.17) is 9.72 Å². The number of ether oxygens (including phenoxy) is 1. The van der Waals surface area contributed by atoms with Crippen LogP contribution in [0.4, 0.5) is 39.9 Å². The molecule has 0 fully saturated rings. The molecule has 0 bridgehead atoms. The Morgan fingerprint density at radius 2 is 1.05 bits per heavy atom. The zero-order valence-corrected chi connectivity index (χ0v) is 36.8. The first-order chi connectivity index (χ1) is 28.6. The number of nitrogens with zero attached hydrogens (tertiary/aromatic N) is 4. The maximum absolute atomic E-state index is 6.88. The molecule has 0 aliphatic carbocycles. The first-order valence-electron chi connectivity index (χ1n) is 21.2. The Hall–Kier alpha value is -6.33. The molecule has 2 aliphatic rings. The fourth-order valence-electron chi connectivity index (χ4n) is 8.91. The van der Waals surface area contributed by atoms with Crippen molar-refractivity contribution in [3.05, 3.63) is 168 Å². The molecule has 5 nitrogen and oxygen atoms in total. The third kappa shape index (κ3) is 7.00. The quantitative estimate of drug-likeness (QED) is 0.173. The molecule has 1 aromatic heterocycles. The van der Waals surface area contributed by atoms with E-state index in [1.165, 1.54) is 50.4 Å². The summed E-state index contributed by atoms with van der Waals surface area (Å²) in [6, 6.07) is 50.3. The predicted octanol–water partition coefficient (Wildman–Crippen LogP) is 15.4. The highest BCUT2D eigenvalue weighted by Crippen LogP contribution is 2.53. The monoisotopic (exact) mass is 788 g/mol. The molecule has 0 N–H and O–H groups in total. The lowest BCUT2D eigenvalue weighted by molar-refractivity contribution is 0.483. The van der Waals surface area contributed by atoms with Crippen LogP contribution < -0.4 is 19.4 Å². The van der Waals surface area contributed by atoms with Gasteiger partial charge in [-0.05, 0) is 106 Å². The fraction of sp³-hybridized carbons (Fsp3) is 0.255. The van der Waals surface area contributed by atoms with Gasteiger partial charge >= 0.3 is 0 Å². The van der Waals surface area contributed by atoms with Crippen LogP contribution in [-0.2, 0) is 16.2 Å². The lowest BCUT2D eigenvalue weighted by Gasteiger charge is -2.35. The summed E-state index contributed by atoms with van der Waals surface area (Å²) in [5.41, 5.74) is 16.7. The average molecular weight is 789 g/mol. The molecule has 5 heteroatoms. The van der Waals surface area contributed by atoms with Gasteiger partial charge in [0.05, 0.1) is 28.4 Å². The standard InChI is InChI=1S/C55H56N4O/c1-36-30-45(54(5,6)7)52(46(31-36)55(8,9)10)58-35-57(48-24-15-16-25-49(48)58)38-18-17-19-39(33-38)60-40-26-27-44-42-21-12-11-20-41(42)43-22-13-14-23-47(43)59(50(44)34-40)51-32-37(28-29-56-51)53(2,3)4/h11-34H,35H2,1-10H3. The molecule has 0 radical (unpaired) electrons. The summed E-state index contributed by atoms with van der Waals surface area (Å²) in [5, 5.41) is 0. The van der Waals surface area contributed by atoms with Crippen molar-refractivity contribution >= 4 is 39.9 Å². The summed E-state index contributed by atoms with van der Waals surface area (Å²) in [5.74, 6) is 2.41. The summed E-state index contributed by atoms with van der Waals surface area (Å²) in [7, 11) is 0. The Balaban J connectivity index is 1.12. The van der Waals surface area contributed by atoms with Crippen molar-refractivity contribution in [2.45, 2.75) is 85.5 Å². The Kier molecular flexibility index (Phi) is 9.42. The van der Waals surface area contributed by atoms with Gasteiger partial charge in [-0.2, -0.15) is 0 Å². The number of aryl methyl sites for hydroxylation is 1. The number of aromatic nitrogens is 1. The summed E-state index contributed by atoms with van der Waals surface area (Å²) < 4.78 is 6.88. The van der Waals surface area contributed by atoms with Gasteiger partial charge in [0.15, 0.2) is 0 Å². The van der Waals surface area contributed by atoms with Crippen LogP contribution in [0.25, 0.3) is 22.3 Å². The number of hydrogen-bond donors (Lipinski definition) is 0. The van der Waals surface area contributed by atoms with Gasteiger partial charge in [0.2, 0.25) is 0 Å². The second kappa shape index (κ2) is 14.4. The minimum absolute atomic E-state index is 0.0401. The lowest BCUT2D eigenvalue weighted by atomic mass is 9.77. The van der Waals surface area contributed by atoms with Crippen LogP contribution in [0.3, 0.4) is 0 Å². The van der Waals surface area contributed by atoms with E-state index in [0.717, 1.165) is 45.5 Å². The molecule has 302 valence electrons. The Morgan fingerprint density at radius 3 is 1.68 bits per heavy atom. The van der Waals surface area contributed by atoms with E-state index in [1.807, 2.05) is 6.20 Å². The lowest BCUT2D eigenvalue weighted by Crippen LogP contribution is -2.30. The number of hydrogen-bond acceptors (Lipinski definition) is 5. The second-order valence-electron chi connectivity index (χ2n) is 19.5. The molecule has 3 heterocycles. The molecule has 0 spiro atoms. The van der Waals surface area contributed by atoms with Gasteiger partial charge in [-0.1, -0.05) is 141 Å². The predicted molar refractivity (Wildman–Crippen MR) is 253 cm³/mol. The molecule has 0 unspecified atom stereocenters. The van der Waals surface area contributed by atoms with Gasteiger partial charge < -0.3 is 14.5 Å². The van der Waals surface area contributed by atoms with Crippen LogP contribution in [-0.4, -0.2) is 11.7 Å². The molecule has 9 rings (SSSR count). The SMILES string of the molecule is Cc1cc(C(C)(C)C)c(N2CN(c3cccc(Oc4ccc5c(c4)N(c4cc(C(C)(C)C)ccn4)c4ccccc4-c4ccccc4-5)c3)c3ccccc32)c(C(C)(C)C)c1. The second-order valence-corrected chi connectivity index (χ2v) is 19.5. The van der Waals surface area contributed by atoms with E-state index in [2.05, 4.69) is 223 Å². The number of para-hydroxylation sites is 3. The summed E-state index contributed by atoms with van der Waals surface area (Å²) in [6.07, 6.45) is 1.94. The van der Waals surface area contributed by atoms with Gasteiger partial charge in [-0.25, -0.2) is 4.98 Å². The maximum Gasteiger partial charge on any atom is 0.137 e. The highest BCUT2D eigenvalue weighted by molar-refractivity contribution is 6.02. The fourth-order valence-corrected chi connectivity index (χ4v) is 8.91. The molecule has 6 aromatic carbocycles. The van der Waals surface area contributed by atoms with Crippen LogP contribution in [0.5, 0.6) is 11.5 Å². The number of anilines is 7. The van der Waals surface area contributed by atoms with Gasteiger partial charge in [0.25, 0.3) is 0 Å². The van der Waals surface area contributed by atoms with E-state index >= 15 is 0 Å². The molecular formula is C55H56N4O. The summed E-state index contributed by atoms with van der Waals surface area (Å²) >= 11 is 0. The number of rotatable bonds is 5. The largest absolute Gasteiger partial charge is 0.457 e. The van der Waals surface area contributed by atoms with Crippen molar-refractivity contribution < 1.29 is 4.74 Å². The van der Waals surface area contributed by atoms with E-state index < -0.39 is 0 Å². The van der Waals surface area contributed by atoms with Gasteiger partial charge in [0, 0.05) is 35.1 Å². The third-order valence-corrected chi connectivity index (χ3v) is 12.0. The number of benzene rings is 6. The zero-order valence-electron chi connectivity index (χ0n) is 36.8. The molecule has 0 saturated heterocycles. The van der Waals surface area contributed by atoms with E-state index in [1.54, 1.807) is 0 Å². The Morgan fingerprint density at radius 1 is 0.483 bits per heavy atom. The summed E-state index contributed by atoms with van der Waals surface area (Å²) in [6.45, 7) is 23.6. The van der Waals surface area contributed by atoms with Crippen LogP contribution in [0.2, 0.25) is 0 Å². The topological polar surface area (TPSA) is 31.8 Å². The van der Waals surface area contributed by atoms with Crippen LogP contribution in [0.1, 0.15) is 84.6 Å². The molecule has 0 atom stereocenters. The highest BCUT2D eigenvalue weighted by atomic mass is 16.5. The van der Waals surface area contributed by atoms with E-state index in [9.17, 15) is 0 Å². The van der Waals surface area contributed by atoms with E-state index in [0.29, 0.717) is 6.67 Å². The maximum atomic E-state index is 6.88. The molecule has 60 heavy (non-hydrogen) atoms. The van der Waals surface area contributed by atoms with Crippen LogP contribution >= 0.6 is 0 Å². The first-order valence-corrected chi connectivity index (χ1v) is 21.2. The van der Waals surface area contributed by atoms with Crippen molar-refractivity contribution in [3.63, 3.8) is 0 Å². The first kappa shape index (κ1) is 39.1. The van der Waals surface area contributed by atoms with Gasteiger partial charge in [0.1, 0.15) is 24.0 Å². The Labute approximate surface area is 356 Å². The molecule has 2 aliphatic heterocycles. The van der Waals surface area contributed by atoms with Gasteiger partial charge in [-0.3, -0.25) is 4.90 Å². The highest BCUT2D eigenvalue weighted by Gasteiger charge is 2.36. The summed E-state index contributed by atoms with van der Waals surface area (Å²) in [4.78, 5) is 12.3. The molecule has 0 saturated carbocycles. The van der Waals surface area contributed by atoms with Crippen LogP contribution in [0, 0.1) is 6.92 Å². The van der Waals surface area contributed by atoms with Crippen molar-refractivity contribution in [1.82, 2.24) is 4.98 Å². The van der Waals surface area contributed by atoms with Crippen molar-refractivity contribution in [2.24, 2.45) is 0 Å². The zero-order chi connectivity index (χ0) is 42.1. The third-order valence-electron chi connectivity index (χ3n) is 12.0. The minimum Gasteiger partial charge on any atom is -0.457 e. The minimum atomic E-state index is -0.0451.